The largest absolute Gasteiger partial charge is 0.416 e. The van der Waals surface area contributed by atoms with E-state index in [1.807, 2.05) is 0 Å². The molecule has 0 amide bonds. The summed E-state index contributed by atoms with van der Waals surface area (Å²) in [6.45, 7) is -1.45. The van der Waals surface area contributed by atoms with Gasteiger partial charge in [-0.2, -0.15) is 26.3 Å². The molecule has 1 saturated heterocycles. The molecule has 0 aliphatic carbocycles. The van der Waals surface area contributed by atoms with Crippen molar-refractivity contribution in [3.8, 4) is 0 Å². The highest BCUT2D eigenvalue weighted by Gasteiger charge is 2.70. The molecule has 0 aromatic rings. The maximum atomic E-state index is 12.3. The predicted octanol–water partition coefficient (Wildman–Crippen LogP) is 1.04. The van der Waals surface area contributed by atoms with E-state index in [1.54, 1.807) is 0 Å². The van der Waals surface area contributed by atoms with Crippen LogP contribution in [0.3, 0.4) is 0 Å². The molecule has 0 unspecified atom stereocenters. The molecule has 1 aliphatic heterocycles. The van der Waals surface area contributed by atoms with E-state index in [4.69, 9.17) is 0 Å². The highest BCUT2D eigenvalue weighted by atomic mass is 19.4. The quantitative estimate of drug-likeness (QED) is 0.598. The lowest BCUT2D eigenvalue weighted by atomic mass is 9.96. The van der Waals surface area contributed by atoms with Crippen LogP contribution in [0.25, 0.3) is 0 Å². The Balaban J connectivity index is 3.01. The molecule has 84 valence electrons. The van der Waals surface area contributed by atoms with E-state index in [0.29, 0.717) is 0 Å². The zero-order valence-corrected chi connectivity index (χ0v) is 6.89. The Labute approximate surface area is 75.7 Å². The fourth-order valence-corrected chi connectivity index (χ4v) is 1.26. The number of alkyl halides is 6. The Bertz CT molecular complexity index is 185. The molecule has 1 aliphatic rings. The molecule has 0 saturated carbocycles. The Morgan fingerprint density at radius 2 is 1.36 bits per heavy atom. The maximum Gasteiger partial charge on any atom is 0.416 e. The molecule has 8 heteroatoms. The summed E-state index contributed by atoms with van der Waals surface area (Å²) in [6.07, 6.45) is -10.7. The van der Waals surface area contributed by atoms with Crippen molar-refractivity contribution in [1.29, 1.82) is 0 Å². The Morgan fingerprint density at radius 3 is 1.57 bits per heavy atom. The molecule has 2 N–H and O–H groups in total. The number of halogens is 6. The van der Waals surface area contributed by atoms with Gasteiger partial charge in [-0.1, -0.05) is 0 Å². The molecule has 1 rings (SSSR count). The Kier molecular flexibility index (Phi) is 2.70. The molecule has 0 atom stereocenters. The van der Waals surface area contributed by atoms with Crippen LogP contribution in [0.2, 0.25) is 0 Å². The number of piperazine rings is 1. The molecule has 0 aromatic carbocycles. The second kappa shape index (κ2) is 3.27. The van der Waals surface area contributed by atoms with E-state index in [0.717, 1.165) is 0 Å². The van der Waals surface area contributed by atoms with Crippen molar-refractivity contribution >= 4 is 0 Å². The minimum atomic E-state index is -5.35. The van der Waals surface area contributed by atoms with E-state index in [-0.39, 0.29) is 13.1 Å². The summed E-state index contributed by atoms with van der Waals surface area (Å²) in [5.74, 6) is 0. The molecule has 0 spiro atoms. The smallest absolute Gasteiger partial charge is 0.313 e. The predicted molar refractivity (Wildman–Crippen MR) is 35.7 cm³/mol. The van der Waals surface area contributed by atoms with Crippen LogP contribution in [-0.2, 0) is 0 Å². The average molecular weight is 222 g/mol. The SMILES string of the molecule is FC(F)(F)C1(C(F)(F)F)CNCCN1. The first-order valence-corrected chi connectivity index (χ1v) is 3.80. The van der Waals surface area contributed by atoms with Gasteiger partial charge in [0.05, 0.1) is 0 Å². The zero-order valence-electron chi connectivity index (χ0n) is 6.89. The van der Waals surface area contributed by atoms with Crippen LogP contribution in [0.1, 0.15) is 0 Å². The second-order valence-corrected chi connectivity index (χ2v) is 3.00. The van der Waals surface area contributed by atoms with Crippen molar-refractivity contribution in [3.63, 3.8) is 0 Å². The first-order valence-electron chi connectivity index (χ1n) is 3.80. The van der Waals surface area contributed by atoms with Gasteiger partial charge in [0.1, 0.15) is 0 Å². The molecule has 1 heterocycles. The fourth-order valence-electron chi connectivity index (χ4n) is 1.26. The lowest BCUT2D eigenvalue weighted by Crippen LogP contribution is -2.74. The van der Waals surface area contributed by atoms with Crippen LogP contribution >= 0.6 is 0 Å². The Morgan fingerprint density at radius 1 is 0.857 bits per heavy atom. The standard InChI is InChI=1S/C6H8F6N2/c7-5(8,9)4(6(10,11)12)3-13-1-2-14-4/h13-14H,1-3H2. The van der Waals surface area contributed by atoms with Gasteiger partial charge in [0.15, 0.2) is 0 Å². The molecular formula is C6H8F6N2. The first-order chi connectivity index (χ1) is 6.21. The minimum Gasteiger partial charge on any atom is -0.313 e. The third kappa shape index (κ3) is 1.68. The van der Waals surface area contributed by atoms with Crippen LogP contribution in [0.5, 0.6) is 0 Å². The normalized spacial score (nSPS) is 23.6. The van der Waals surface area contributed by atoms with Gasteiger partial charge >= 0.3 is 12.4 Å². The third-order valence-corrected chi connectivity index (χ3v) is 2.09. The zero-order chi connectivity index (χ0) is 11.0. The van der Waals surface area contributed by atoms with Crippen molar-refractivity contribution in [2.75, 3.05) is 19.6 Å². The highest BCUT2D eigenvalue weighted by molar-refractivity contribution is 5.05. The fraction of sp³-hybridized carbons (Fsp3) is 1.00. The van der Waals surface area contributed by atoms with Gasteiger partial charge in [0.25, 0.3) is 0 Å². The summed E-state index contributed by atoms with van der Waals surface area (Å²) in [5, 5.41) is 3.59. The third-order valence-electron chi connectivity index (χ3n) is 2.09. The molecule has 0 aromatic heterocycles. The van der Waals surface area contributed by atoms with Crippen LogP contribution < -0.4 is 10.6 Å². The minimum absolute atomic E-state index is 0.0912. The van der Waals surface area contributed by atoms with Crippen LogP contribution in [0, 0.1) is 0 Å². The van der Waals surface area contributed by atoms with Gasteiger partial charge in [0, 0.05) is 19.6 Å². The molecule has 0 bridgehead atoms. The second-order valence-electron chi connectivity index (χ2n) is 3.00. The van der Waals surface area contributed by atoms with Crippen molar-refractivity contribution in [1.82, 2.24) is 10.6 Å². The lowest BCUT2D eigenvalue weighted by Gasteiger charge is -2.40. The first kappa shape index (κ1) is 11.6. The molecule has 1 fully saturated rings. The molecule has 2 nitrogen and oxygen atoms in total. The number of nitrogens with one attached hydrogen (secondary N) is 2. The number of hydrogen-bond donors (Lipinski definition) is 2. The van der Waals surface area contributed by atoms with E-state index >= 15 is 0 Å². The summed E-state index contributed by atoms with van der Waals surface area (Å²) < 4.78 is 73.6. The molecular weight excluding hydrogens is 214 g/mol. The van der Waals surface area contributed by atoms with Gasteiger partial charge in [-0.3, -0.25) is 5.32 Å². The summed E-state index contributed by atoms with van der Waals surface area (Å²) in [6, 6.07) is 0. The number of rotatable bonds is 0. The molecule has 14 heavy (non-hydrogen) atoms. The van der Waals surface area contributed by atoms with E-state index < -0.39 is 24.4 Å². The summed E-state index contributed by atoms with van der Waals surface area (Å²) in [5.41, 5.74) is -3.81. The van der Waals surface area contributed by atoms with Crippen LogP contribution in [0.4, 0.5) is 26.3 Å². The van der Waals surface area contributed by atoms with Crippen LogP contribution in [0.15, 0.2) is 0 Å². The van der Waals surface area contributed by atoms with E-state index in [2.05, 4.69) is 5.32 Å². The van der Waals surface area contributed by atoms with E-state index in [1.165, 1.54) is 5.32 Å². The Hall–Kier alpha value is -0.500. The van der Waals surface area contributed by atoms with Gasteiger partial charge in [-0.15, -0.1) is 0 Å². The monoisotopic (exact) mass is 222 g/mol. The van der Waals surface area contributed by atoms with Gasteiger partial charge in [-0.25, -0.2) is 0 Å². The van der Waals surface area contributed by atoms with Crippen LogP contribution in [-0.4, -0.2) is 37.5 Å². The average Bonchev–Trinajstić information content (AvgIpc) is 2.02. The summed E-state index contributed by atoms with van der Waals surface area (Å²) in [7, 11) is 0. The number of hydrogen-bond acceptors (Lipinski definition) is 2. The highest BCUT2D eigenvalue weighted by Crippen LogP contribution is 2.43. The van der Waals surface area contributed by atoms with Gasteiger partial charge < -0.3 is 5.32 Å². The van der Waals surface area contributed by atoms with Gasteiger partial charge in [-0.05, 0) is 0 Å². The van der Waals surface area contributed by atoms with Crippen molar-refractivity contribution in [2.24, 2.45) is 0 Å². The lowest BCUT2D eigenvalue weighted by molar-refractivity contribution is -0.308. The topological polar surface area (TPSA) is 24.1 Å². The van der Waals surface area contributed by atoms with E-state index in [9.17, 15) is 26.3 Å². The van der Waals surface area contributed by atoms with Crippen molar-refractivity contribution in [2.45, 2.75) is 17.9 Å². The van der Waals surface area contributed by atoms with Crippen molar-refractivity contribution < 1.29 is 26.3 Å². The summed E-state index contributed by atoms with van der Waals surface area (Å²) >= 11 is 0. The van der Waals surface area contributed by atoms with Crippen molar-refractivity contribution in [3.05, 3.63) is 0 Å². The molecule has 0 radical (unpaired) electrons. The maximum absolute atomic E-state index is 12.3. The van der Waals surface area contributed by atoms with Gasteiger partial charge in [0.2, 0.25) is 5.54 Å². The summed E-state index contributed by atoms with van der Waals surface area (Å²) in [4.78, 5) is 0.